The Balaban J connectivity index is 2.29. The van der Waals surface area contributed by atoms with E-state index in [4.69, 9.17) is 0 Å². The number of amides is 1. The number of hydrogen-bond donors (Lipinski definition) is 1. The maximum absolute atomic E-state index is 12.0. The van der Waals surface area contributed by atoms with Crippen LogP contribution in [0, 0.1) is 0 Å². The third-order valence-corrected chi connectivity index (χ3v) is 3.17. The number of carboxylic acid groups (broad SMARTS) is 1. The standard InChI is InChI=1S/C12H9N3O5S/c1-20-12(19)6-4-21-5-7(6)15-10(16)8-9(11(17)18)14-3-2-13-8/h2-5H,1H3,(H,15,16)(H,17,18)/p-1. The Morgan fingerprint density at radius 3 is 2.48 bits per heavy atom. The van der Waals surface area contributed by atoms with E-state index in [-0.39, 0.29) is 11.3 Å². The van der Waals surface area contributed by atoms with E-state index < -0.39 is 29.2 Å². The molecule has 0 aliphatic heterocycles. The van der Waals surface area contributed by atoms with E-state index in [1.165, 1.54) is 35.4 Å². The molecule has 0 radical (unpaired) electrons. The molecule has 0 unspecified atom stereocenters. The van der Waals surface area contributed by atoms with Crippen molar-refractivity contribution >= 4 is 34.9 Å². The van der Waals surface area contributed by atoms with Crippen LogP contribution >= 0.6 is 11.3 Å². The molecule has 0 spiro atoms. The lowest BCUT2D eigenvalue weighted by atomic mass is 10.2. The van der Waals surface area contributed by atoms with Gasteiger partial charge in [0, 0.05) is 23.2 Å². The van der Waals surface area contributed by atoms with Gasteiger partial charge < -0.3 is 20.0 Å². The van der Waals surface area contributed by atoms with Gasteiger partial charge in [-0.1, -0.05) is 0 Å². The lowest BCUT2D eigenvalue weighted by Crippen LogP contribution is -2.28. The molecule has 0 aromatic carbocycles. The Kier molecular flexibility index (Phi) is 4.24. The predicted octanol–water partition coefficient (Wildman–Crippen LogP) is -0.0595. The van der Waals surface area contributed by atoms with Crippen molar-refractivity contribution in [2.24, 2.45) is 0 Å². The molecule has 1 N–H and O–H groups in total. The van der Waals surface area contributed by atoms with E-state index in [1.807, 2.05) is 0 Å². The number of esters is 1. The average Bonchev–Trinajstić information content (AvgIpc) is 2.94. The lowest BCUT2D eigenvalue weighted by Gasteiger charge is -2.08. The second-order valence-corrected chi connectivity index (χ2v) is 4.43. The van der Waals surface area contributed by atoms with Crippen LogP contribution < -0.4 is 10.4 Å². The second kappa shape index (κ2) is 6.09. The number of carbonyl (C=O) groups is 3. The summed E-state index contributed by atoms with van der Waals surface area (Å²) < 4.78 is 4.57. The minimum atomic E-state index is -1.62. The fraction of sp³-hybridized carbons (Fsp3) is 0.0833. The van der Waals surface area contributed by atoms with Crippen LogP contribution in [0.25, 0.3) is 0 Å². The molecule has 9 heteroatoms. The van der Waals surface area contributed by atoms with Crippen LogP contribution in [0.1, 0.15) is 31.3 Å². The SMILES string of the molecule is COC(=O)c1cscc1NC(=O)c1nccnc1C(=O)[O-]. The third kappa shape index (κ3) is 3.03. The van der Waals surface area contributed by atoms with E-state index in [9.17, 15) is 19.5 Å². The zero-order valence-electron chi connectivity index (χ0n) is 10.7. The van der Waals surface area contributed by atoms with Crippen molar-refractivity contribution < 1.29 is 24.2 Å². The Hall–Kier alpha value is -2.81. The molecule has 0 saturated carbocycles. The van der Waals surface area contributed by atoms with E-state index in [2.05, 4.69) is 20.0 Å². The van der Waals surface area contributed by atoms with Crippen molar-refractivity contribution in [1.82, 2.24) is 9.97 Å². The first-order valence-electron chi connectivity index (χ1n) is 5.52. The van der Waals surface area contributed by atoms with Gasteiger partial charge in [-0.05, 0) is 0 Å². The minimum absolute atomic E-state index is 0.162. The maximum atomic E-state index is 12.0. The number of methoxy groups -OCH3 is 1. The highest BCUT2D eigenvalue weighted by molar-refractivity contribution is 7.08. The van der Waals surface area contributed by atoms with Gasteiger partial charge in [-0.3, -0.25) is 9.78 Å². The molecule has 8 nitrogen and oxygen atoms in total. The van der Waals surface area contributed by atoms with Gasteiger partial charge in [0.2, 0.25) is 0 Å². The van der Waals surface area contributed by atoms with Gasteiger partial charge in [-0.2, -0.15) is 0 Å². The van der Waals surface area contributed by atoms with E-state index in [1.54, 1.807) is 0 Å². The summed E-state index contributed by atoms with van der Waals surface area (Å²) in [6.07, 6.45) is 2.31. The molecule has 0 aliphatic carbocycles. The average molecular weight is 306 g/mol. The maximum Gasteiger partial charge on any atom is 0.340 e. The van der Waals surface area contributed by atoms with E-state index in [0.717, 1.165) is 6.20 Å². The molecule has 1 amide bonds. The van der Waals surface area contributed by atoms with Gasteiger partial charge >= 0.3 is 5.97 Å². The van der Waals surface area contributed by atoms with Crippen LogP contribution in [0.3, 0.4) is 0 Å². The summed E-state index contributed by atoms with van der Waals surface area (Å²) in [6, 6.07) is 0. The molecule has 108 valence electrons. The number of thiophene rings is 1. The van der Waals surface area contributed by atoms with E-state index in [0.29, 0.717) is 0 Å². The Morgan fingerprint density at radius 2 is 1.86 bits per heavy atom. The highest BCUT2D eigenvalue weighted by Crippen LogP contribution is 2.22. The number of ether oxygens (including phenoxy) is 1. The Labute approximate surface area is 122 Å². The van der Waals surface area contributed by atoms with E-state index >= 15 is 0 Å². The Morgan fingerprint density at radius 1 is 1.19 bits per heavy atom. The molecule has 2 aromatic heterocycles. The first-order valence-corrected chi connectivity index (χ1v) is 6.47. The zero-order valence-corrected chi connectivity index (χ0v) is 11.5. The molecular weight excluding hydrogens is 298 g/mol. The number of carbonyl (C=O) groups excluding carboxylic acids is 3. The smallest absolute Gasteiger partial charge is 0.340 e. The van der Waals surface area contributed by atoms with Gasteiger partial charge in [-0.25, -0.2) is 9.78 Å². The van der Waals surface area contributed by atoms with Crippen LogP contribution in [-0.4, -0.2) is 34.9 Å². The number of nitrogens with one attached hydrogen (secondary N) is 1. The molecule has 0 fully saturated rings. The van der Waals surface area contributed by atoms with Crippen LogP contribution in [0.4, 0.5) is 5.69 Å². The van der Waals surface area contributed by atoms with Crippen LogP contribution in [-0.2, 0) is 4.74 Å². The highest BCUT2D eigenvalue weighted by atomic mass is 32.1. The third-order valence-electron chi connectivity index (χ3n) is 2.42. The van der Waals surface area contributed by atoms with Gasteiger partial charge in [0.25, 0.3) is 5.91 Å². The fourth-order valence-corrected chi connectivity index (χ4v) is 2.25. The number of rotatable bonds is 4. The number of nitrogens with zero attached hydrogens (tertiary/aromatic N) is 2. The van der Waals surface area contributed by atoms with Crippen molar-refractivity contribution in [3.63, 3.8) is 0 Å². The summed E-state index contributed by atoms with van der Waals surface area (Å²) in [6.45, 7) is 0. The summed E-state index contributed by atoms with van der Waals surface area (Å²) in [5.41, 5.74) is -0.620. The quantitative estimate of drug-likeness (QED) is 0.785. The number of hydrogen-bond acceptors (Lipinski definition) is 8. The fourth-order valence-electron chi connectivity index (χ4n) is 1.50. The number of aromatic nitrogens is 2. The number of aromatic carboxylic acids is 1. The monoisotopic (exact) mass is 306 g/mol. The molecule has 2 heterocycles. The number of carboxylic acids is 1. The number of anilines is 1. The minimum Gasteiger partial charge on any atom is -0.543 e. The van der Waals surface area contributed by atoms with Crippen molar-refractivity contribution in [2.75, 3.05) is 12.4 Å². The molecule has 2 rings (SSSR count). The van der Waals surface area contributed by atoms with Gasteiger partial charge in [0.1, 0.15) is 5.69 Å². The van der Waals surface area contributed by atoms with Crippen LogP contribution in [0.2, 0.25) is 0 Å². The molecule has 2 aromatic rings. The predicted molar refractivity (Wildman–Crippen MR) is 70.0 cm³/mol. The summed E-state index contributed by atoms with van der Waals surface area (Å²) in [4.78, 5) is 41.6. The van der Waals surface area contributed by atoms with Crippen molar-refractivity contribution in [3.8, 4) is 0 Å². The van der Waals surface area contributed by atoms with Gasteiger partial charge in [0.15, 0.2) is 5.69 Å². The summed E-state index contributed by atoms with van der Waals surface area (Å²) >= 11 is 1.18. The Bertz CT molecular complexity index is 712. The first-order chi connectivity index (χ1) is 10.0. The van der Waals surface area contributed by atoms with Crippen LogP contribution in [0.15, 0.2) is 23.2 Å². The molecule has 0 saturated heterocycles. The summed E-state index contributed by atoms with van der Waals surface area (Å²) in [5, 5.41) is 16.3. The van der Waals surface area contributed by atoms with Gasteiger partial charge in [0.05, 0.1) is 24.3 Å². The second-order valence-electron chi connectivity index (χ2n) is 3.69. The normalized spacial score (nSPS) is 9.95. The largest absolute Gasteiger partial charge is 0.543 e. The molecular formula is C12H8N3O5S-. The lowest BCUT2D eigenvalue weighted by molar-refractivity contribution is -0.255. The summed E-state index contributed by atoms with van der Waals surface area (Å²) in [5.74, 6) is -3.05. The molecule has 0 aliphatic rings. The molecule has 0 atom stereocenters. The highest BCUT2D eigenvalue weighted by Gasteiger charge is 2.19. The van der Waals surface area contributed by atoms with Crippen LogP contribution in [0.5, 0.6) is 0 Å². The first kappa shape index (κ1) is 14.6. The van der Waals surface area contributed by atoms with Crippen molar-refractivity contribution in [2.45, 2.75) is 0 Å². The molecule has 0 bridgehead atoms. The van der Waals surface area contributed by atoms with Crippen molar-refractivity contribution in [3.05, 3.63) is 40.1 Å². The topological polar surface area (TPSA) is 121 Å². The summed E-state index contributed by atoms with van der Waals surface area (Å²) in [7, 11) is 1.21. The molecule has 21 heavy (non-hydrogen) atoms. The van der Waals surface area contributed by atoms with Gasteiger partial charge in [-0.15, -0.1) is 11.3 Å². The zero-order chi connectivity index (χ0) is 15.4. The van der Waals surface area contributed by atoms with Crippen molar-refractivity contribution in [1.29, 1.82) is 0 Å².